The molecule has 2 atom stereocenters. The molecule has 2 heterocycles. The Morgan fingerprint density at radius 3 is 2.28 bits per heavy atom. The van der Waals surface area contributed by atoms with E-state index in [1.807, 2.05) is 32.9 Å². The van der Waals surface area contributed by atoms with Gasteiger partial charge < -0.3 is 18.9 Å². The molecule has 32 heavy (non-hydrogen) atoms. The van der Waals surface area contributed by atoms with Crippen LogP contribution < -0.4 is 9.47 Å². The van der Waals surface area contributed by atoms with Gasteiger partial charge in [-0.25, -0.2) is 9.59 Å². The zero-order chi connectivity index (χ0) is 22.7. The highest BCUT2D eigenvalue weighted by Crippen LogP contribution is 2.45. The number of pyridine rings is 1. The Morgan fingerprint density at radius 1 is 0.875 bits per heavy atom. The molecule has 2 aromatic carbocycles. The van der Waals surface area contributed by atoms with Crippen molar-refractivity contribution in [1.82, 2.24) is 4.98 Å². The quantitative estimate of drug-likeness (QED) is 0.315. The molecule has 1 saturated heterocycles. The van der Waals surface area contributed by atoms with Gasteiger partial charge in [0.05, 0.1) is 11.2 Å². The summed E-state index contributed by atoms with van der Waals surface area (Å²) in [6.07, 6.45) is 2.23. The third-order valence-electron chi connectivity index (χ3n) is 4.56. The lowest BCUT2D eigenvalue weighted by Gasteiger charge is -2.17. The first-order valence-corrected chi connectivity index (χ1v) is 10.2. The van der Waals surface area contributed by atoms with Gasteiger partial charge in [-0.2, -0.15) is 0 Å². The van der Waals surface area contributed by atoms with E-state index < -0.39 is 18.2 Å². The fourth-order valence-corrected chi connectivity index (χ4v) is 3.09. The van der Waals surface area contributed by atoms with E-state index in [4.69, 9.17) is 18.9 Å². The zero-order valence-corrected chi connectivity index (χ0v) is 18.0. The van der Waals surface area contributed by atoms with Crippen LogP contribution in [0.5, 0.6) is 11.5 Å². The topological polar surface area (TPSA) is 87.3 Å². The van der Waals surface area contributed by atoms with Crippen LogP contribution in [-0.2, 0) is 9.47 Å². The highest BCUT2D eigenvalue weighted by Gasteiger charge is 2.45. The van der Waals surface area contributed by atoms with Crippen LogP contribution in [0.1, 0.15) is 53.2 Å². The molecular weight excluding hydrogens is 410 g/mol. The number of para-hydroxylation sites is 2. The largest absolute Gasteiger partial charge is 0.422 e. The number of carbonyl (C=O) groups excluding carboxylic acids is 2. The van der Waals surface area contributed by atoms with Crippen LogP contribution >= 0.6 is 0 Å². The Hall–Kier alpha value is -3.55. The summed E-state index contributed by atoms with van der Waals surface area (Å²) in [7, 11) is 0. The van der Waals surface area contributed by atoms with Gasteiger partial charge in [0.25, 0.3) is 0 Å². The molecule has 7 heteroatoms. The number of carbonyl (C=O) groups is 2. The Kier molecular flexibility index (Phi) is 6.03. The van der Waals surface area contributed by atoms with Crippen molar-refractivity contribution in [3.8, 4) is 11.5 Å². The normalized spacial score (nSPS) is 17.5. The van der Waals surface area contributed by atoms with Crippen LogP contribution in [0.25, 0.3) is 0 Å². The number of hydrogen-bond acceptors (Lipinski definition) is 7. The maximum atomic E-state index is 13.0. The second-order valence-electron chi connectivity index (χ2n) is 8.21. The minimum atomic E-state index is -0.652. The Bertz CT molecular complexity index is 1120. The van der Waals surface area contributed by atoms with Crippen molar-refractivity contribution < 1.29 is 28.5 Å². The summed E-state index contributed by atoms with van der Waals surface area (Å²) in [5.41, 5.74) is 0.748. The number of nitrogens with zero attached hydrogens (tertiary/aromatic N) is 1. The van der Waals surface area contributed by atoms with Crippen LogP contribution in [0.15, 0.2) is 73.1 Å². The molecule has 2 unspecified atom stereocenters. The molecule has 0 radical (unpaired) electrons. The number of esters is 2. The molecular formula is C25H23NO6. The first-order valence-electron chi connectivity index (χ1n) is 10.2. The van der Waals surface area contributed by atoms with E-state index in [-0.39, 0.29) is 28.6 Å². The Labute approximate surface area is 185 Å². The molecule has 3 aromatic rings. The summed E-state index contributed by atoms with van der Waals surface area (Å²) in [6, 6.07) is 16.7. The van der Waals surface area contributed by atoms with E-state index in [0.29, 0.717) is 11.3 Å². The molecule has 7 nitrogen and oxygen atoms in total. The summed E-state index contributed by atoms with van der Waals surface area (Å²) < 4.78 is 22.6. The van der Waals surface area contributed by atoms with Crippen molar-refractivity contribution in [3.63, 3.8) is 0 Å². The smallest absolute Gasteiger partial charge is 0.347 e. The summed E-state index contributed by atoms with van der Waals surface area (Å²) >= 11 is 0. The molecule has 1 aliphatic rings. The lowest BCUT2D eigenvalue weighted by Crippen LogP contribution is -2.21. The second kappa shape index (κ2) is 8.90. The average molecular weight is 433 g/mol. The summed E-state index contributed by atoms with van der Waals surface area (Å²) in [6.45, 7) is 5.84. The first kappa shape index (κ1) is 21.7. The lowest BCUT2D eigenvalue weighted by molar-refractivity contribution is -0.0570. The van der Waals surface area contributed by atoms with E-state index in [0.717, 1.165) is 0 Å². The lowest BCUT2D eigenvalue weighted by atomic mass is 10.1. The van der Waals surface area contributed by atoms with E-state index in [1.54, 1.807) is 42.6 Å². The van der Waals surface area contributed by atoms with Gasteiger partial charge in [-0.05, 0) is 51.1 Å². The van der Waals surface area contributed by atoms with E-state index >= 15 is 0 Å². The number of rotatable bonds is 6. The van der Waals surface area contributed by atoms with E-state index in [2.05, 4.69) is 4.98 Å². The van der Waals surface area contributed by atoms with Crippen LogP contribution in [0.2, 0.25) is 0 Å². The van der Waals surface area contributed by atoms with Crippen LogP contribution in [-0.4, -0.2) is 28.8 Å². The molecule has 164 valence electrons. The summed E-state index contributed by atoms with van der Waals surface area (Å²) in [4.78, 5) is 29.3. The molecule has 0 saturated carbocycles. The Morgan fingerprint density at radius 2 is 1.56 bits per heavy atom. The highest BCUT2D eigenvalue weighted by molar-refractivity contribution is 5.97. The minimum absolute atomic E-state index is 0.0976. The van der Waals surface area contributed by atoms with Gasteiger partial charge in [-0.3, -0.25) is 4.98 Å². The SMILES string of the molecule is CC(C)(C)OC1OC1c1ccccc1OC(=O)c1ccccc1OC(=O)c1cccnc1. The number of ether oxygens (including phenoxy) is 4. The fraction of sp³-hybridized carbons (Fsp3) is 0.240. The summed E-state index contributed by atoms with van der Waals surface area (Å²) in [5.74, 6) is -0.815. The predicted octanol–water partition coefficient (Wildman–Crippen LogP) is 4.73. The van der Waals surface area contributed by atoms with Crippen molar-refractivity contribution in [2.24, 2.45) is 0 Å². The van der Waals surface area contributed by atoms with Gasteiger partial charge in [0, 0.05) is 18.0 Å². The number of hydrogen-bond donors (Lipinski definition) is 0. The van der Waals surface area contributed by atoms with Crippen molar-refractivity contribution in [2.45, 2.75) is 38.8 Å². The molecule has 0 aliphatic carbocycles. The van der Waals surface area contributed by atoms with Gasteiger partial charge in [-0.1, -0.05) is 30.3 Å². The Balaban J connectivity index is 1.51. The van der Waals surface area contributed by atoms with Gasteiger partial charge >= 0.3 is 11.9 Å². The molecule has 1 fully saturated rings. The molecule has 4 rings (SSSR count). The third kappa shape index (κ3) is 5.19. The minimum Gasteiger partial charge on any atom is -0.422 e. The third-order valence-corrected chi connectivity index (χ3v) is 4.56. The second-order valence-corrected chi connectivity index (χ2v) is 8.21. The molecule has 0 spiro atoms. The van der Waals surface area contributed by atoms with E-state index in [9.17, 15) is 9.59 Å². The van der Waals surface area contributed by atoms with Gasteiger partial charge in [0.2, 0.25) is 0 Å². The maximum absolute atomic E-state index is 13.0. The summed E-state index contributed by atoms with van der Waals surface area (Å²) in [5, 5.41) is 0. The molecule has 1 aromatic heterocycles. The van der Waals surface area contributed by atoms with Gasteiger partial charge in [0.1, 0.15) is 23.2 Å². The maximum Gasteiger partial charge on any atom is 0.347 e. The molecule has 0 amide bonds. The van der Waals surface area contributed by atoms with Gasteiger partial charge in [0.15, 0.2) is 6.29 Å². The first-order chi connectivity index (χ1) is 15.3. The zero-order valence-electron chi connectivity index (χ0n) is 18.0. The average Bonchev–Trinajstić information content (AvgIpc) is 3.52. The molecule has 0 N–H and O–H groups in total. The van der Waals surface area contributed by atoms with Gasteiger partial charge in [-0.15, -0.1) is 0 Å². The number of epoxide rings is 1. The highest BCUT2D eigenvalue weighted by atomic mass is 16.8. The van der Waals surface area contributed by atoms with Crippen molar-refractivity contribution >= 4 is 11.9 Å². The standard InChI is InChI=1S/C25H23NO6/c1-25(2,3)32-24-21(31-24)17-10-4-6-12-19(17)30-23(28)18-11-5-7-13-20(18)29-22(27)16-9-8-14-26-15-16/h4-15,21,24H,1-3H3. The predicted molar refractivity (Wildman–Crippen MR) is 115 cm³/mol. The van der Waals surface area contributed by atoms with Crippen LogP contribution in [0.4, 0.5) is 0 Å². The van der Waals surface area contributed by atoms with Crippen LogP contribution in [0.3, 0.4) is 0 Å². The molecule has 1 aliphatic heterocycles. The number of benzene rings is 2. The van der Waals surface area contributed by atoms with Crippen molar-refractivity contribution in [2.75, 3.05) is 0 Å². The van der Waals surface area contributed by atoms with Crippen molar-refractivity contribution in [1.29, 1.82) is 0 Å². The fourth-order valence-electron chi connectivity index (χ4n) is 3.09. The monoisotopic (exact) mass is 433 g/mol. The number of aromatic nitrogens is 1. The van der Waals surface area contributed by atoms with Crippen molar-refractivity contribution in [3.05, 3.63) is 89.7 Å². The van der Waals surface area contributed by atoms with E-state index in [1.165, 1.54) is 18.3 Å². The molecule has 0 bridgehead atoms. The van der Waals surface area contributed by atoms with Crippen LogP contribution in [0, 0.1) is 0 Å².